The molecule has 0 aliphatic carbocycles. The van der Waals surface area contributed by atoms with Crippen LogP contribution >= 0.6 is 0 Å². The topological polar surface area (TPSA) is 235 Å². The van der Waals surface area contributed by atoms with Gasteiger partial charge in [0.25, 0.3) is 0 Å². The molecule has 0 amide bonds. The van der Waals surface area contributed by atoms with Crippen LogP contribution in [0.25, 0.3) is 0 Å². The first-order valence-corrected chi connectivity index (χ1v) is 4.84. The number of aromatic carboxylic acids is 2. The van der Waals surface area contributed by atoms with E-state index in [-0.39, 0.29) is 49.8 Å². The number of hydrogen-bond donors (Lipinski definition) is 0. The molecule has 0 aromatic carbocycles. The van der Waals surface area contributed by atoms with Crippen molar-refractivity contribution in [2.75, 3.05) is 0 Å². The Kier molecular flexibility index (Phi) is 24.9. The van der Waals surface area contributed by atoms with E-state index in [1.54, 1.807) is 0 Å². The number of aromatic nitrogens is 2. The predicted octanol–water partition coefficient (Wildman–Crippen LogP) is -4.61. The normalized spacial score (nSPS) is 6.96. The van der Waals surface area contributed by atoms with Crippen LogP contribution in [-0.2, 0) is 27.7 Å². The zero-order valence-electron chi connectivity index (χ0n) is 11.6. The number of pyridine rings is 2. The molecule has 2 aromatic rings. The smallest absolute Gasteiger partial charge is 0.545 e. The Morgan fingerprint density at radius 3 is 1.04 bits per heavy atom. The van der Waals surface area contributed by atoms with Crippen LogP contribution in [0.15, 0.2) is 49.1 Å². The van der Waals surface area contributed by atoms with Crippen molar-refractivity contribution >= 4 is 11.9 Å². The summed E-state index contributed by atoms with van der Waals surface area (Å²) in [7, 11) is 0. The number of carbonyl (C=O) groups excluding carboxylic acids is 2. The van der Waals surface area contributed by atoms with Crippen molar-refractivity contribution < 1.29 is 58.5 Å². The van der Waals surface area contributed by atoms with E-state index in [0.717, 1.165) is 0 Å². The van der Waals surface area contributed by atoms with Crippen molar-refractivity contribution in [3.05, 3.63) is 60.2 Å². The van der Waals surface area contributed by atoms with Crippen molar-refractivity contribution in [3.8, 4) is 0 Å². The zero-order valence-corrected chi connectivity index (χ0v) is 12.7. The van der Waals surface area contributed by atoms with Crippen molar-refractivity contribution in [3.63, 3.8) is 0 Å². The van der Waals surface area contributed by atoms with Gasteiger partial charge in [-0.15, -0.1) is 0 Å². The molecule has 0 atom stereocenters. The fourth-order valence-electron chi connectivity index (χ4n) is 0.976. The zero-order chi connectivity index (χ0) is 13.4. The van der Waals surface area contributed by atoms with Crippen LogP contribution in [0.2, 0.25) is 0 Å². The minimum Gasteiger partial charge on any atom is -0.545 e. The SMILES string of the molecule is O.O.O=C([O-])c1ccncc1.O=C([O-])c1ccncc1.[Co+2].[OH3+].[OH3+]. The summed E-state index contributed by atoms with van der Waals surface area (Å²) in [5.41, 5.74) is 0.315. The van der Waals surface area contributed by atoms with Gasteiger partial charge in [0, 0.05) is 35.9 Å². The Hall–Kier alpha value is -2.41. The van der Waals surface area contributed by atoms with Crippen LogP contribution in [0.4, 0.5) is 0 Å². The van der Waals surface area contributed by atoms with Crippen LogP contribution in [0.3, 0.4) is 0 Å². The Balaban J connectivity index is -0.0000000771. The number of rotatable bonds is 2. The standard InChI is InChI=1S/2C6H5NO2.Co.4H2O/c2*8-6(9)5-1-3-7-4-2-5;;;;;/h2*1-4H,(H,8,9);;4*1H2/q;;+2;;;;. The summed E-state index contributed by atoms with van der Waals surface area (Å²) in [5.74, 6) is -2.34. The molecule has 0 bridgehead atoms. The van der Waals surface area contributed by atoms with E-state index in [9.17, 15) is 19.8 Å². The Morgan fingerprint density at radius 2 is 0.913 bits per heavy atom. The molecule has 0 aliphatic heterocycles. The summed E-state index contributed by atoms with van der Waals surface area (Å²) in [6.45, 7) is 0. The van der Waals surface area contributed by atoms with Crippen LogP contribution in [0, 0.1) is 0 Å². The molecule has 0 saturated heterocycles. The average molecular weight is 377 g/mol. The number of hydrogen-bond acceptors (Lipinski definition) is 6. The van der Waals surface area contributed by atoms with E-state index in [1.165, 1.54) is 49.1 Å². The van der Waals surface area contributed by atoms with E-state index in [1.807, 2.05) is 0 Å². The molecule has 0 unspecified atom stereocenters. The van der Waals surface area contributed by atoms with Crippen molar-refractivity contribution in [1.29, 1.82) is 0 Å². The Morgan fingerprint density at radius 1 is 0.696 bits per heavy atom. The number of nitrogens with zero attached hydrogens (tertiary/aromatic N) is 2. The second-order valence-corrected chi connectivity index (χ2v) is 3.05. The van der Waals surface area contributed by atoms with Gasteiger partial charge in [-0.1, -0.05) is 0 Å². The van der Waals surface area contributed by atoms with Gasteiger partial charge >= 0.3 is 16.8 Å². The van der Waals surface area contributed by atoms with Crippen LogP contribution in [-0.4, -0.2) is 32.9 Å². The second-order valence-electron chi connectivity index (χ2n) is 3.05. The molecule has 23 heavy (non-hydrogen) atoms. The second kappa shape index (κ2) is 17.6. The molecule has 2 heterocycles. The quantitative estimate of drug-likeness (QED) is 0.466. The molecule has 2 aromatic heterocycles. The third-order valence-electron chi connectivity index (χ3n) is 1.83. The minimum absolute atomic E-state index is 0. The van der Waals surface area contributed by atoms with E-state index in [4.69, 9.17) is 0 Å². The molecule has 1 radical (unpaired) electrons. The molecular formula is C12H18CoN2O8+2. The number of carbonyl (C=O) groups is 2. The summed E-state index contributed by atoms with van der Waals surface area (Å²) in [6.07, 6.45) is 5.63. The largest absolute Gasteiger partial charge is 2.00 e. The summed E-state index contributed by atoms with van der Waals surface area (Å²) >= 11 is 0. The van der Waals surface area contributed by atoms with E-state index in [0.29, 0.717) is 0 Å². The molecule has 10 N–H and O–H groups in total. The van der Waals surface area contributed by atoms with Crippen molar-refractivity contribution in [1.82, 2.24) is 9.97 Å². The molecule has 0 saturated carbocycles. The predicted molar refractivity (Wildman–Crippen MR) is 74.1 cm³/mol. The summed E-state index contributed by atoms with van der Waals surface area (Å²) < 4.78 is 0. The molecule has 11 heteroatoms. The maximum atomic E-state index is 10.1. The maximum Gasteiger partial charge on any atom is 2.00 e. The van der Waals surface area contributed by atoms with Gasteiger partial charge in [0.15, 0.2) is 0 Å². The maximum absolute atomic E-state index is 10.1. The Labute approximate surface area is 141 Å². The molecule has 0 aliphatic rings. The van der Waals surface area contributed by atoms with E-state index >= 15 is 0 Å². The Bertz CT molecular complexity index is 478. The van der Waals surface area contributed by atoms with Crippen LogP contribution in [0.1, 0.15) is 20.7 Å². The molecule has 10 nitrogen and oxygen atoms in total. The summed E-state index contributed by atoms with van der Waals surface area (Å²) in [4.78, 5) is 27.4. The summed E-state index contributed by atoms with van der Waals surface area (Å²) in [6, 6.07) is 5.54. The minimum atomic E-state index is -1.17. The summed E-state index contributed by atoms with van der Waals surface area (Å²) in [5, 5.41) is 20.1. The van der Waals surface area contributed by atoms with Crippen LogP contribution < -0.4 is 10.2 Å². The first kappa shape index (κ1) is 32.5. The van der Waals surface area contributed by atoms with E-state index in [2.05, 4.69) is 9.97 Å². The first-order valence-electron chi connectivity index (χ1n) is 4.84. The molecule has 0 fully saturated rings. The fourth-order valence-corrected chi connectivity index (χ4v) is 0.976. The fraction of sp³-hybridized carbons (Fsp3) is 0. The van der Waals surface area contributed by atoms with Crippen LogP contribution in [0.5, 0.6) is 0 Å². The monoisotopic (exact) mass is 377 g/mol. The van der Waals surface area contributed by atoms with Gasteiger partial charge in [0.1, 0.15) is 0 Å². The number of carboxylic acid groups (broad SMARTS) is 2. The van der Waals surface area contributed by atoms with Gasteiger partial charge in [-0.05, 0) is 24.3 Å². The van der Waals surface area contributed by atoms with Gasteiger partial charge in [0.05, 0.1) is 11.9 Å². The molecule has 0 spiro atoms. The molecular weight excluding hydrogens is 359 g/mol. The third-order valence-corrected chi connectivity index (χ3v) is 1.83. The van der Waals surface area contributed by atoms with Gasteiger partial charge in [0.2, 0.25) is 0 Å². The van der Waals surface area contributed by atoms with Gasteiger partial charge in [-0.3, -0.25) is 9.97 Å². The number of carboxylic acids is 2. The molecule has 2 rings (SSSR count). The van der Waals surface area contributed by atoms with Gasteiger partial charge < -0.3 is 41.7 Å². The average Bonchev–Trinajstić information content (AvgIpc) is 2.41. The molecule has 131 valence electrons. The van der Waals surface area contributed by atoms with Gasteiger partial charge in [-0.25, -0.2) is 0 Å². The van der Waals surface area contributed by atoms with Crippen molar-refractivity contribution in [2.24, 2.45) is 0 Å². The van der Waals surface area contributed by atoms with E-state index < -0.39 is 11.9 Å². The third kappa shape index (κ3) is 13.0. The van der Waals surface area contributed by atoms with Gasteiger partial charge in [-0.2, -0.15) is 0 Å². The van der Waals surface area contributed by atoms with Crippen molar-refractivity contribution in [2.45, 2.75) is 0 Å². The first-order chi connectivity index (χ1) is 8.61.